The van der Waals surface area contributed by atoms with Crippen molar-refractivity contribution in [3.63, 3.8) is 0 Å². The standard InChI is InChI=1S/C12H20O2/c1-9(2)11(13)5-7-12(14,8-6-11)10(3)4/h5-10,13-14H,1-4H3. The Hall–Kier alpha value is -0.600. The van der Waals surface area contributed by atoms with E-state index in [0.717, 1.165) is 0 Å². The predicted octanol–water partition coefficient (Wildman–Crippen LogP) is 1.89. The van der Waals surface area contributed by atoms with E-state index >= 15 is 0 Å². The number of hydrogen-bond acceptors (Lipinski definition) is 2. The van der Waals surface area contributed by atoms with Crippen molar-refractivity contribution in [2.45, 2.75) is 38.9 Å². The van der Waals surface area contributed by atoms with Gasteiger partial charge in [0.25, 0.3) is 0 Å². The molecule has 0 unspecified atom stereocenters. The van der Waals surface area contributed by atoms with E-state index in [1.54, 1.807) is 24.3 Å². The minimum absolute atomic E-state index is 0.117. The van der Waals surface area contributed by atoms with Crippen LogP contribution in [0.3, 0.4) is 0 Å². The van der Waals surface area contributed by atoms with E-state index in [0.29, 0.717) is 0 Å². The molecule has 0 saturated heterocycles. The SMILES string of the molecule is CC(C)C1(O)C=CC(O)(C(C)C)C=C1. The zero-order valence-corrected chi connectivity index (χ0v) is 9.36. The van der Waals surface area contributed by atoms with Crippen LogP contribution in [0.4, 0.5) is 0 Å². The summed E-state index contributed by atoms with van der Waals surface area (Å²) < 4.78 is 0. The lowest BCUT2D eigenvalue weighted by Crippen LogP contribution is -2.39. The molecule has 1 rings (SSSR count). The first-order valence-electron chi connectivity index (χ1n) is 5.16. The normalized spacial score (nSPS) is 37.1. The predicted molar refractivity (Wildman–Crippen MR) is 57.9 cm³/mol. The van der Waals surface area contributed by atoms with E-state index in [4.69, 9.17) is 0 Å². The summed E-state index contributed by atoms with van der Waals surface area (Å²) in [7, 11) is 0. The van der Waals surface area contributed by atoms with E-state index in [2.05, 4.69) is 0 Å². The van der Waals surface area contributed by atoms with Crippen LogP contribution in [0.1, 0.15) is 27.7 Å². The smallest absolute Gasteiger partial charge is 0.103 e. The molecule has 0 bridgehead atoms. The van der Waals surface area contributed by atoms with Crippen molar-refractivity contribution in [1.29, 1.82) is 0 Å². The molecular weight excluding hydrogens is 176 g/mol. The maximum absolute atomic E-state index is 10.1. The molecule has 0 aromatic rings. The largest absolute Gasteiger partial charge is 0.381 e. The van der Waals surface area contributed by atoms with Crippen molar-refractivity contribution >= 4 is 0 Å². The van der Waals surface area contributed by atoms with Gasteiger partial charge in [-0.1, -0.05) is 27.7 Å². The Bertz CT molecular complexity index is 221. The van der Waals surface area contributed by atoms with Crippen molar-refractivity contribution in [2.75, 3.05) is 0 Å². The molecule has 0 atom stereocenters. The molecule has 0 radical (unpaired) electrons. The van der Waals surface area contributed by atoms with Gasteiger partial charge in [0.15, 0.2) is 0 Å². The van der Waals surface area contributed by atoms with E-state index in [1.165, 1.54) is 0 Å². The van der Waals surface area contributed by atoms with E-state index < -0.39 is 11.2 Å². The van der Waals surface area contributed by atoms with Crippen LogP contribution >= 0.6 is 0 Å². The fourth-order valence-electron chi connectivity index (χ4n) is 1.41. The highest BCUT2D eigenvalue weighted by atomic mass is 16.3. The van der Waals surface area contributed by atoms with Gasteiger partial charge in [-0.05, 0) is 36.1 Å². The molecule has 2 heteroatoms. The molecule has 0 fully saturated rings. The van der Waals surface area contributed by atoms with Gasteiger partial charge in [-0.15, -0.1) is 0 Å². The van der Waals surface area contributed by atoms with Crippen molar-refractivity contribution in [1.82, 2.24) is 0 Å². The fraction of sp³-hybridized carbons (Fsp3) is 0.667. The summed E-state index contributed by atoms with van der Waals surface area (Å²) in [6.45, 7) is 7.81. The third-order valence-electron chi connectivity index (χ3n) is 3.08. The van der Waals surface area contributed by atoms with E-state index in [9.17, 15) is 10.2 Å². The number of rotatable bonds is 2. The Labute approximate surface area is 86.0 Å². The first-order valence-corrected chi connectivity index (χ1v) is 5.16. The van der Waals surface area contributed by atoms with Crippen LogP contribution in [0.5, 0.6) is 0 Å². The quantitative estimate of drug-likeness (QED) is 0.662. The van der Waals surface area contributed by atoms with Crippen LogP contribution in [0.25, 0.3) is 0 Å². The molecule has 0 amide bonds. The van der Waals surface area contributed by atoms with Crippen molar-refractivity contribution in [3.8, 4) is 0 Å². The molecule has 0 aromatic heterocycles. The minimum Gasteiger partial charge on any atom is -0.381 e. The molecule has 2 N–H and O–H groups in total. The van der Waals surface area contributed by atoms with Gasteiger partial charge >= 0.3 is 0 Å². The summed E-state index contributed by atoms with van der Waals surface area (Å²) >= 11 is 0. The number of hydrogen-bond donors (Lipinski definition) is 2. The molecule has 2 nitrogen and oxygen atoms in total. The Kier molecular flexibility index (Phi) is 2.88. The van der Waals surface area contributed by atoms with Crippen LogP contribution in [0.15, 0.2) is 24.3 Å². The molecule has 0 aromatic carbocycles. The molecule has 1 aliphatic carbocycles. The lowest BCUT2D eigenvalue weighted by Gasteiger charge is -2.35. The van der Waals surface area contributed by atoms with Gasteiger partial charge in [0.2, 0.25) is 0 Å². The second-order valence-electron chi connectivity index (χ2n) is 4.75. The molecule has 14 heavy (non-hydrogen) atoms. The van der Waals surface area contributed by atoms with Gasteiger partial charge in [-0.25, -0.2) is 0 Å². The van der Waals surface area contributed by atoms with Crippen molar-refractivity contribution < 1.29 is 10.2 Å². The highest BCUT2D eigenvalue weighted by molar-refractivity contribution is 5.30. The summed E-state index contributed by atoms with van der Waals surface area (Å²) in [5.74, 6) is 0.235. The third kappa shape index (κ3) is 1.91. The topological polar surface area (TPSA) is 40.5 Å². The molecule has 0 heterocycles. The maximum atomic E-state index is 10.1. The minimum atomic E-state index is -0.902. The first kappa shape index (κ1) is 11.5. The lowest BCUT2D eigenvalue weighted by atomic mass is 9.78. The summed E-state index contributed by atoms with van der Waals surface area (Å²) in [6, 6.07) is 0. The van der Waals surface area contributed by atoms with Crippen LogP contribution in [0.2, 0.25) is 0 Å². The van der Waals surface area contributed by atoms with Crippen LogP contribution in [0, 0.1) is 11.8 Å². The summed E-state index contributed by atoms with van der Waals surface area (Å²) in [6.07, 6.45) is 6.77. The van der Waals surface area contributed by atoms with Gasteiger partial charge < -0.3 is 10.2 Å². The summed E-state index contributed by atoms with van der Waals surface area (Å²) in [5, 5.41) is 20.2. The zero-order chi connectivity index (χ0) is 11.0. The first-order chi connectivity index (χ1) is 6.30. The maximum Gasteiger partial charge on any atom is 0.103 e. The van der Waals surface area contributed by atoms with Crippen molar-refractivity contribution in [3.05, 3.63) is 24.3 Å². The number of aliphatic hydroxyl groups is 2. The van der Waals surface area contributed by atoms with Gasteiger partial charge in [0.05, 0.1) is 0 Å². The Morgan fingerprint density at radius 3 is 1.07 bits per heavy atom. The fourth-order valence-corrected chi connectivity index (χ4v) is 1.41. The van der Waals surface area contributed by atoms with Crippen molar-refractivity contribution in [2.24, 2.45) is 11.8 Å². The third-order valence-corrected chi connectivity index (χ3v) is 3.08. The molecule has 0 saturated carbocycles. The van der Waals surface area contributed by atoms with E-state index in [-0.39, 0.29) is 11.8 Å². The molecule has 0 aliphatic heterocycles. The van der Waals surface area contributed by atoms with Gasteiger partial charge in [-0.2, -0.15) is 0 Å². The monoisotopic (exact) mass is 196 g/mol. The average molecular weight is 196 g/mol. The van der Waals surface area contributed by atoms with Gasteiger partial charge in [0.1, 0.15) is 11.2 Å². The van der Waals surface area contributed by atoms with Crippen LogP contribution in [-0.2, 0) is 0 Å². The Morgan fingerprint density at radius 2 is 0.929 bits per heavy atom. The second kappa shape index (κ2) is 3.52. The second-order valence-corrected chi connectivity index (χ2v) is 4.75. The van der Waals surface area contributed by atoms with Crippen LogP contribution < -0.4 is 0 Å². The van der Waals surface area contributed by atoms with E-state index in [1.807, 2.05) is 27.7 Å². The molecular formula is C12H20O2. The van der Waals surface area contributed by atoms with Gasteiger partial charge in [0, 0.05) is 0 Å². The highest BCUT2D eigenvalue weighted by Crippen LogP contribution is 2.31. The molecule has 1 aliphatic rings. The molecule has 0 spiro atoms. The Morgan fingerprint density at radius 1 is 0.714 bits per heavy atom. The lowest BCUT2D eigenvalue weighted by molar-refractivity contribution is 0.0580. The zero-order valence-electron chi connectivity index (χ0n) is 9.36. The summed E-state index contributed by atoms with van der Waals surface area (Å²) in [4.78, 5) is 0. The average Bonchev–Trinajstić information content (AvgIpc) is 2.10. The highest BCUT2D eigenvalue weighted by Gasteiger charge is 2.34. The van der Waals surface area contributed by atoms with Crippen LogP contribution in [-0.4, -0.2) is 21.4 Å². The van der Waals surface area contributed by atoms with Gasteiger partial charge in [-0.3, -0.25) is 0 Å². The molecule has 80 valence electrons. The Balaban J connectivity index is 2.89. The summed E-state index contributed by atoms with van der Waals surface area (Å²) in [5.41, 5.74) is -1.80.